The molecule has 0 radical (unpaired) electrons. The molecule has 0 aromatic heterocycles. The molecule has 2 aliphatic rings. The third-order valence-electron chi connectivity index (χ3n) is 5.06. The molecule has 0 amide bonds. The smallest absolute Gasteiger partial charge is 0.0775 e. The van der Waals surface area contributed by atoms with Gasteiger partial charge in [-0.25, -0.2) is 0 Å². The van der Waals surface area contributed by atoms with Gasteiger partial charge in [-0.3, -0.25) is 0 Å². The number of nitrogens with zero attached hydrogens (tertiary/aromatic N) is 1. The van der Waals surface area contributed by atoms with Crippen LogP contribution in [-0.4, -0.2) is 37.5 Å². The van der Waals surface area contributed by atoms with Crippen molar-refractivity contribution in [3.05, 3.63) is 65.2 Å². The molecule has 2 aromatic carbocycles. The zero-order valence-electron chi connectivity index (χ0n) is 13.8. The standard InChI is InChI=1S/C20H24N2O2/c23-19-13-15-5-1-3-7-17(15)20(19)21-14-16-6-2-4-8-18(16)22-9-11-24-12-10-22/h1-8,19-21,23H,9-14H2/t19-,20+/m0/s1. The molecule has 4 heteroatoms. The molecular formula is C20H24N2O2. The number of hydrogen-bond acceptors (Lipinski definition) is 4. The molecule has 0 spiro atoms. The van der Waals surface area contributed by atoms with Crippen LogP contribution in [0.4, 0.5) is 5.69 Å². The first-order chi connectivity index (χ1) is 11.8. The number of hydrogen-bond donors (Lipinski definition) is 2. The quantitative estimate of drug-likeness (QED) is 0.906. The number of anilines is 1. The van der Waals surface area contributed by atoms with E-state index in [4.69, 9.17) is 4.74 Å². The van der Waals surface area contributed by atoms with E-state index in [1.54, 1.807) is 0 Å². The second-order valence-corrected chi connectivity index (χ2v) is 6.56. The van der Waals surface area contributed by atoms with Crippen LogP contribution in [0.25, 0.3) is 0 Å². The van der Waals surface area contributed by atoms with Crippen molar-refractivity contribution in [3.63, 3.8) is 0 Å². The molecule has 1 fully saturated rings. The summed E-state index contributed by atoms with van der Waals surface area (Å²) >= 11 is 0. The zero-order valence-corrected chi connectivity index (χ0v) is 13.8. The van der Waals surface area contributed by atoms with Crippen molar-refractivity contribution >= 4 is 5.69 Å². The van der Waals surface area contributed by atoms with Crippen LogP contribution in [0.2, 0.25) is 0 Å². The number of ether oxygens (including phenoxy) is 1. The van der Waals surface area contributed by atoms with Gasteiger partial charge < -0.3 is 20.1 Å². The Hall–Kier alpha value is -1.88. The summed E-state index contributed by atoms with van der Waals surface area (Å²) in [5.74, 6) is 0. The minimum absolute atomic E-state index is 0.0129. The average molecular weight is 324 g/mol. The number of rotatable bonds is 4. The predicted octanol–water partition coefficient (Wildman–Crippen LogP) is 2.27. The van der Waals surface area contributed by atoms with Crippen LogP contribution in [0.15, 0.2) is 48.5 Å². The van der Waals surface area contributed by atoms with Gasteiger partial charge in [0.05, 0.1) is 25.4 Å². The lowest BCUT2D eigenvalue weighted by atomic mass is 10.1. The SMILES string of the molecule is O[C@H]1Cc2ccccc2[C@H]1NCc1ccccc1N1CCOCC1. The summed E-state index contributed by atoms with van der Waals surface area (Å²) in [6, 6.07) is 16.9. The fraction of sp³-hybridized carbons (Fsp3) is 0.400. The van der Waals surface area contributed by atoms with E-state index in [-0.39, 0.29) is 12.1 Å². The third-order valence-corrected chi connectivity index (χ3v) is 5.06. The van der Waals surface area contributed by atoms with Crippen LogP contribution < -0.4 is 10.2 Å². The second kappa shape index (κ2) is 6.93. The maximum Gasteiger partial charge on any atom is 0.0775 e. The lowest BCUT2D eigenvalue weighted by Gasteiger charge is -2.31. The highest BCUT2D eigenvalue weighted by Gasteiger charge is 2.30. The summed E-state index contributed by atoms with van der Waals surface area (Å²) in [6.45, 7) is 4.20. The number of para-hydroxylation sites is 1. The molecule has 0 bridgehead atoms. The van der Waals surface area contributed by atoms with Crippen molar-refractivity contribution < 1.29 is 9.84 Å². The van der Waals surface area contributed by atoms with E-state index >= 15 is 0 Å². The lowest BCUT2D eigenvalue weighted by molar-refractivity contribution is 0.122. The molecule has 2 aromatic rings. The van der Waals surface area contributed by atoms with Crippen molar-refractivity contribution in [2.24, 2.45) is 0 Å². The van der Waals surface area contributed by atoms with Crippen molar-refractivity contribution in [1.82, 2.24) is 5.32 Å². The van der Waals surface area contributed by atoms with Crippen molar-refractivity contribution in [2.45, 2.75) is 25.1 Å². The minimum Gasteiger partial charge on any atom is -0.391 e. The fourth-order valence-electron chi connectivity index (χ4n) is 3.81. The van der Waals surface area contributed by atoms with Gasteiger partial charge in [-0.15, -0.1) is 0 Å². The van der Waals surface area contributed by atoms with Gasteiger partial charge in [0.1, 0.15) is 0 Å². The lowest BCUT2D eigenvalue weighted by Crippen LogP contribution is -2.37. The Bertz CT molecular complexity index is 698. The van der Waals surface area contributed by atoms with Gasteiger partial charge >= 0.3 is 0 Å². The van der Waals surface area contributed by atoms with Crippen molar-refractivity contribution in [1.29, 1.82) is 0 Å². The summed E-state index contributed by atoms with van der Waals surface area (Å²) in [5, 5.41) is 14.0. The van der Waals surface area contributed by atoms with Gasteiger partial charge in [-0.1, -0.05) is 42.5 Å². The van der Waals surface area contributed by atoms with Crippen LogP contribution in [0.3, 0.4) is 0 Å². The number of benzene rings is 2. The zero-order chi connectivity index (χ0) is 16.4. The summed E-state index contributed by atoms with van der Waals surface area (Å²) in [4.78, 5) is 2.39. The molecule has 4 rings (SSSR count). The van der Waals surface area contributed by atoms with E-state index in [9.17, 15) is 5.11 Å². The maximum absolute atomic E-state index is 10.4. The number of fused-ring (bicyclic) bond motifs is 1. The number of nitrogens with one attached hydrogen (secondary N) is 1. The Balaban J connectivity index is 1.50. The van der Waals surface area contributed by atoms with Crippen LogP contribution in [-0.2, 0) is 17.7 Å². The van der Waals surface area contributed by atoms with Crippen molar-refractivity contribution in [2.75, 3.05) is 31.2 Å². The topological polar surface area (TPSA) is 44.7 Å². The Morgan fingerprint density at radius 1 is 1.04 bits per heavy atom. The first kappa shape index (κ1) is 15.6. The molecular weight excluding hydrogens is 300 g/mol. The molecule has 1 aliphatic heterocycles. The fourth-order valence-corrected chi connectivity index (χ4v) is 3.81. The van der Waals surface area contributed by atoms with Gasteiger partial charge in [0.15, 0.2) is 0 Å². The molecule has 1 saturated heterocycles. The van der Waals surface area contributed by atoms with E-state index in [0.29, 0.717) is 0 Å². The highest BCUT2D eigenvalue weighted by Crippen LogP contribution is 2.32. The highest BCUT2D eigenvalue weighted by molar-refractivity contribution is 5.54. The summed E-state index contributed by atoms with van der Waals surface area (Å²) in [6.07, 6.45) is 0.386. The Morgan fingerprint density at radius 3 is 2.67 bits per heavy atom. The van der Waals surface area contributed by atoms with E-state index in [1.807, 2.05) is 12.1 Å². The van der Waals surface area contributed by atoms with Gasteiger partial charge in [0, 0.05) is 31.7 Å². The molecule has 1 aliphatic carbocycles. The minimum atomic E-state index is -0.349. The molecule has 0 unspecified atom stereocenters. The van der Waals surface area contributed by atoms with Gasteiger partial charge in [-0.05, 0) is 22.8 Å². The van der Waals surface area contributed by atoms with Gasteiger partial charge in [0.2, 0.25) is 0 Å². The molecule has 1 heterocycles. The number of morpholine rings is 1. The van der Waals surface area contributed by atoms with E-state index in [1.165, 1.54) is 22.4 Å². The van der Waals surface area contributed by atoms with E-state index < -0.39 is 0 Å². The Morgan fingerprint density at radius 2 is 1.79 bits per heavy atom. The monoisotopic (exact) mass is 324 g/mol. The largest absolute Gasteiger partial charge is 0.391 e. The van der Waals surface area contributed by atoms with Crippen molar-refractivity contribution in [3.8, 4) is 0 Å². The molecule has 24 heavy (non-hydrogen) atoms. The Kier molecular flexibility index (Phi) is 4.52. The first-order valence-corrected chi connectivity index (χ1v) is 8.73. The molecule has 2 atom stereocenters. The summed E-state index contributed by atoms with van der Waals surface area (Å²) < 4.78 is 5.47. The normalized spacial score (nSPS) is 23.3. The molecule has 4 nitrogen and oxygen atoms in total. The first-order valence-electron chi connectivity index (χ1n) is 8.73. The molecule has 0 saturated carbocycles. The number of aliphatic hydroxyl groups excluding tert-OH is 1. The van der Waals surface area contributed by atoms with Gasteiger partial charge in [-0.2, -0.15) is 0 Å². The average Bonchev–Trinajstić information content (AvgIpc) is 2.96. The van der Waals surface area contributed by atoms with E-state index in [0.717, 1.165) is 39.3 Å². The van der Waals surface area contributed by atoms with Gasteiger partial charge in [0.25, 0.3) is 0 Å². The van der Waals surface area contributed by atoms with E-state index in [2.05, 4.69) is 46.6 Å². The Labute approximate surface area is 143 Å². The van der Waals surface area contributed by atoms with Crippen LogP contribution in [0.5, 0.6) is 0 Å². The summed E-state index contributed by atoms with van der Waals surface area (Å²) in [5.41, 5.74) is 5.03. The highest BCUT2D eigenvalue weighted by atomic mass is 16.5. The third kappa shape index (κ3) is 3.05. The predicted molar refractivity (Wildman–Crippen MR) is 95.2 cm³/mol. The molecule has 126 valence electrons. The maximum atomic E-state index is 10.4. The number of aliphatic hydroxyl groups is 1. The van der Waals surface area contributed by atoms with Crippen LogP contribution >= 0.6 is 0 Å². The van der Waals surface area contributed by atoms with Crippen LogP contribution in [0.1, 0.15) is 22.7 Å². The molecule has 2 N–H and O–H groups in total. The second-order valence-electron chi connectivity index (χ2n) is 6.56. The van der Waals surface area contributed by atoms with Crippen LogP contribution in [0, 0.1) is 0 Å². The summed E-state index contributed by atoms with van der Waals surface area (Å²) in [7, 11) is 0.